The highest BCUT2D eigenvalue weighted by molar-refractivity contribution is 5.95. The van der Waals surface area contributed by atoms with Crippen LogP contribution in [0.3, 0.4) is 0 Å². The first-order valence-electron chi connectivity index (χ1n) is 10.8. The molecule has 0 radical (unpaired) electrons. The zero-order valence-electron chi connectivity index (χ0n) is 18.0. The molecule has 3 aromatic rings. The number of ether oxygens (including phenoxy) is 1. The largest absolute Gasteiger partial charge is 0.449 e. The summed E-state index contributed by atoms with van der Waals surface area (Å²) in [5, 5.41) is 5.05. The summed E-state index contributed by atoms with van der Waals surface area (Å²) < 4.78 is 19.7. The molecule has 0 bridgehead atoms. The lowest BCUT2D eigenvalue weighted by molar-refractivity contribution is 0.128. The van der Waals surface area contributed by atoms with Crippen LogP contribution in [-0.2, 0) is 4.74 Å². The summed E-state index contributed by atoms with van der Waals surface area (Å²) >= 11 is 0. The summed E-state index contributed by atoms with van der Waals surface area (Å²) in [5.74, 6) is 0.893. The summed E-state index contributed by atoms with van der Waals surface area (Å²) in [7, 11) is 0. The first kappa shape index (κ1) is 21.1. The van der Waals surface area contributed by atoms with E-state index in [4.69, 9.17) is 9.72 Å². The van der Waals surface area contributed by atoms with Gasteiger partial charge in [0, 0.05) is 30.1 Å². The molecule has 0 aliphatic carbocycles. The molecule has 0 unspecified atom stereocenters. The van der Waals surface area contributed by atoms with Gasteiger partial charge in [0.15, 0.2) is 0 Å². The molecule has 162 valence electrons. The number of fused-ring (bicyclic) bond motifs is 1. The molecule has 5 nitrogen and oxygen atoms in total. The van der Waals surface area contributed by atoms with E-state index in [1.54, 1.807) is 12.1 Å². The van der Waals surface area contributed by atoms with Crippen LogP contribution in [-0.4, -0.2) is 36.8 Å². The monoisotopic (exact) mass is 421 g/mol. The fraction of sp³-hybridized carbons (Fsp3) is 0.360. The molecule has 4 rings (SSSR count). The van der Waals surface area contributed by atoms with E-state index in [0.29, 0.717) is 23.8 Å². The SMILES string of the molecule is CC(C)COC(=O)NC1CCN(c2nc(-c3ccccc3F)cc3ccccc23)CC1. The molecule has 6 heteroatoms. The third kappa shape index (κ3) is 4.95. The zero-order chi connectivity index (χ0) is 21.8. The molecular weight excluding hydrogens is 393 g/mol. The number of aromatic nitrogens is 1. The number of carbonyl (C=O) groups excluding carboxylic acids is 1. The minimum Gasteiger partial charge on any atom is -0.449 e. The van der Waals surface area contributed by atoms with E-state index in [-0.39, 0.29) is 18.0 Å². The van der Waals surface area contributed by atoms with Crippen LogP contribution in [0.25, 0.3) is 22.0 Å². The molecule has 0 spiro atoms. The Kier molecular flexibility index (Phi) is 6.35. The number of rotatable bonds is 5. The molecular formula is C25H28FN3O2. The number of hydrogen-bond acceptors (Lipinski definition) is 4. The zero-order valence-corrected chi connectivity index (χ0v) is 18.0. The van der Waals surface area contributed by atoms with Gasteiger partial charge in [0.1, 0.15) is 11.6 Å². The smallest absolute Gasteiger partial charge is 0.407 e. The number of amides is 1. The minimum atomic E-state index is -0.350. The van der Waals surface area contributed by atoms with Gasteiger partial charge in [-0.15, -0.1) is 0 Å². The number of hydrogen-bond donors (Lipinski definition) is 1. The van der Waals surface area contributed by atoms with Crippen molar-refractivity contribution in [3.05, 3.63) is 60.4 Å². The highest BCUT2D eigenvalue weighted by atomic mass is 19.1. The molecule has 1 aliphatic rings. The predicted molar refractivity (Wildman–Crippen MR) is 122 cm³/mol. The van der Waals surface area contributed by atoms with E-state index in [0.717, 1.165) is 42.5 Å². The summed E-state index contributed by atoms with van der Waals surface area (Å²) in [4.78, 5) is 19.1. The van der Waals surface area contributed by atoms with Gasteiger partial charge >= 0.3 is 6.09 Å². The van der Waals surface area contributed by atoms with Gasteiger partial charge in [-0.05, 0) is 42.3 Å². The maximum Gasteiger partial charge on any atom is 0.407 e. The van der Waals surface area contributed by atoms with Crippen molar-refractivity contribution in [1.29, 1.82) is 0 Å². The van der Waals surface area contributed by atoms with Gasteiger partial charge < -0.3 is 15.0 Å². The first-order chi connectivity index (χ1) is 15.0. The quantitative estimate of drug-likeness (QED) is 0.600. The van der Waals surface area contributed by atoms with E-state index in [2.05, 4.69) is 16.3 Å². The van der Waals surface area contributed by atoms with Gasteiger partial charge in [-0.2, -0.15) is 0 Å². The number of anilines is 1. The van der Waals surface area contributed by atoms with Crippen LogP contribution in [0.4, 0.5) is 15.0 Å². The number of halogens is 1. The van der Waals surface area contributed by atoms with Crippen LogP contribution in [0.1, 0.15) is 26.7 Å². The second-order valence-electron chi connectivity index (χ2n) is 8.43. The summed E-state index contributed by atoms with van der Waals surface area (Å²) in [5.41, 5.74) is 1.13. The number of alkyl carbamates (subject to hydrolysis) is 1. The third-order valence-electron chi connectivity index (χ3n) is 5.53. The number of benzene rings is 2. The molecule has 1 fully saturated rings. The average molecular weight is 422 g/mol. The van der Waals surface area contributed by atoms with Crippen LogP contribution in [0.5, 0.6) is 0 Å². The molecule has 1 saturated heterocycles. The van der Waals surface area contributed by atoms with E-state index in [1.165, 1.54) is 6.07 Å². The molecule has 31 heavy (non-hydrogen) atoms. The maximum absolute atomic E-state index is 14.4. The highest BCUT2D eigenvalue weighted by Gasteiger charge is 2.24. The van der Waals surface area contributed by atoms with Crippen LogP contribution in [0, 0.1) is 11.7 Å². The molecule has 0 saturated carbocycles. The minimum absolute atomic E-state index is 0.0805. The molecule has 1 aliphatic heterocycles. The van der Waals surface area contributed by atoms with E-state index in [1.807, 2.05) is 44.2 Å². The van der Waals surface area contributed by atoms with Crippen molar-refractivity contribution < 1.29 is 13.9 Å². The van der Waals surface area contributed by atoms with Crippen molar-refractivity contribution in [3.8, 4) is 11.3 Å². The number of pyridine rings is 1. The molecule has 2 heterocycles. The highest BCUT2D eigenvalue weighted by Crippen LogP contribution is 2.32. The van der Waals surface area contributed by atoms with Crippen LogP contribution >= 0.6 is 0 Å². The molecule has 0 atom stereocenters. The van der Waals surface area contributed by atoms with Crippen LogP contribution in [0.2, 0.25) is 0 Å². The average Bonchev–Trinajstić information content (AvgIpc) is 2.78. The summed E-state index contributed by atoms with van der Waals surface area (Å²) in [6.45, 7) is 5.96. The predicted octanol–water partition coefficient (Wildman–Crippen LogP) is 5.39. The van der Waals surface area contributed by atoms with Crippen molar-refractivity contribution in [1.82, 2.24) is 10.3 Å². The summed E-state index contributed by atoms with van der Waals surface area (Å²) in [6, 6.07) is 16.8. The Bertz CT molecular complexity index is 1060. The Morgan fingerprint density at radius 2 is 1.87 bits per heavy atom. The Hall–Kier alpha value is -3.15. The fourth-order valence-corrected chi connectivity index (χ4v) is 3.91. The molecule has 1 amide bonds. The van der Waals surface area contributed by atoms with Gasteiger partial charge in [0.25, 0.3) is 0 Å². The Balaban J connectivity index is 1.53. The topological polar surface area (TPSA) is 54.5 Å². The molecule has 1 aromatic heterocycles. The number of nitrogens with zero attached hydrogens (tertiary/aromatic N) is 2. The Morgan fingerprint density at radius 3 is 2.61 bits per heavy atom. The van der Waals surface area contributed by atoms with Crippen LogP contribution in [0.15, 0.2) is 54.6 Å². The van der Waals surface area contributed by atoms with Gasteiger partial charge in [-0.1, -0.05) is 50.2 Å². The second kappa shape index (κ2) is 9.33. The third-order valence-corrected chi connectivity index (χ3v) is 5.53. The Morgan fingerprint density at radius 1 is 1.16 bits per heavy atom. The Labute approximate surface area is 182 Å². The maximum atomic E-state index is 14.4. The lowest BCUT2D eigenvalue weighted by Crippen LogP contribution is -2.45. The fourth-order valence-electron chi connectivity index (χ4n) is 3.91. The lowest BCUT2D eigenvalue weighted by Gasteiger charge is -2.34. The van der Waals surface area contributed by atoms with E-state index in [9.17, 15) is 9.18 Å². The number of piperidine rings is 1. The van der Waals surface area contributed by atoms with Crippen molar-refractivity contribution >= 4 is 22.7 Å². The van der Waals surface area contributed by atoms with Gasteiger partial charge in [0.2, 0.25) is 0 Å². The van der Waals surface area contributed by atoms with Crippen LogP contribution < -0.4 is 10.2 Å². The normalized spacial score (nSPS) is 14.8. The van der Waals surface area contributed by atoms with Crippen molar-refractivity contribution in [2.45, 2.75) is 32.7 Å². The standard InChI is InChI=1S/C25H28FN3O2/c1-17(2)16-31-25(30)27-19-11-13-29(14-12-19)24-20-8-4-3-7-18(20)15-23(28-24)21-9-5-6-10-22(21)26/h3-10,15,17,19H,11-14,16H2,1-2H3,(H,27,30). The number of carbonyl (C=O) groups is 1. The molecule has 1 N–H and O–H groups in total. The van der Waals surface area contributed by atoms with Gasteiger partial charge in [-0.25, -0.2) is 14.2 Å². The van der Waals surface area contributed by atoms with Crippen molar-refractivity contribution in [2.24, 2.45) is 5.92 Å². The van der Waals surface area contributed by atoms with Crippen molar-refractivity contribution in [3.63, 3.8) is 0 Å². The summed E-state index contributed by atoms with van der Waals surface area (Å²) in [6.07, 6.45) is 1.25. The van der Waals surface area contributed by atoms with E-state index < -0.39 is 0 Å². The second-order valence-corrected chi connectivity index (χ2v) is 8.43. The van der Waals surface area contributed by atoms with Gasteiger partial charge in [0.05, 0.1) is 12.3 Å². The molecule has 2 aromatic carbocycles. The van der Waals surface area contributed by atoms with Crippen molar-refractivity contribution in [2.75, 3.05) is 24.6 Å². The first-order valence-corrected chi connectivity index (χ1v) is 10.8. The number of nitrogens with one attached hydrogen (secondary N) is 1. The van der Waals surface area contributed by atoms with Gasteiger partial charge in [-0.3, -0.25) is 0 Å². The van der Waals surface area contributed by atoms with E-state index >= 15 is 0 Å². The lowest BCUT2D eigenvalue weighted by atomic mass is 10.0.